The largest absolute Gasteiger partial charge is 0.462 e. The molecule has 30 heavy (non-hydrogen) atoms. The van der Waals surface area contributed by atoms with E-state index < -0.39 is 24.5 Å². The molecule has 0 fully saturated rings. The van der Waals surface area contributed by atoms with Crippen LogP contribution in [-0.4, -0.2) is 36.0 Å². The third-order valence-corrected chi connectivity index (χ3v) is 4.28. The molecular weight excluding hydrogens is 384 g/mol. The molecule has 0 saturated carbocycles. The summed E-state index contributed by atoms with van der Waals surface area (Å²) in [4.78, 5) is 40.3. The number of hydrogen-bond acceptors (Lipinski definition) is 6. The van der Waals surface area contributed by atoms with Crippen LogP contribution in [0.5, 0.6) is 0 Å². The fraction of sp³-hybridized carbons (Fsp3) is 0.217. The highest BCUT2D eigenvalue weighted by molar-refractivity contribution is 5.96. The monoisotopic (exact) mass is 406 g/mol. The van der Waals surface area contributed by atoms with Crippen LogP contribution in [0.1, 0.15) is 40.6 Å². The molecule has 1 amide bonds. The van der Waals surface area contributed by atoms with Crippen molar-refractivity contribution in [2.75, 3.05) is 18.5 Å². The lowest BCUT2D eigenvalue weighted by molar-refractivity contribution is -0.119. The van der Waals surface area contributed by atoms with Crippen molar-refractivity contribution >= 4 is 34.4 Å². The summed E-state index contributed by atoms with van der Waals surface area (Å²) in [7, 11) is 0. The van der Waals surface area contributed by atoms with Gasteiger partial charge in [0.25, 0.3) is 5.91 Å². The maximum Gasteiger partial charge on any atom is 0.357 e. The second-order valence-electron chi connectivity index (χ2n) is 6.58. The number of carbonyl (C=O) groups excluding carboxylic acids is 3. The van der Waals surface area contributed by atoms with Gasteiger partial charge in [-0.15, -0.1) is 0 Å². The van der Waals surface area contributed by atoms with Crippen molar-refractivity contribution < 1.29 is 23.9 Å². The Morgan fingerprint density at radius 3 is 2.43 bits per heavy atom. The Bertz CT molecular complexity index is 1050. The number of anilines is 1. The standard InChI is InChI=1S/C23H22N2O5/c1-2-3-14-29-22(27)17-8-11-18(12-9-17)24-21(26)15-30-23(28)20-13-10-16-6-4-5-7-19(16)25-20/h4-13H,2-3,14-15H2,1H3,(H,24,26). The number of nitrogens with zero attached hydrogens (tertiary/aromatic N) is 1. The van der Waals surface area contributed by atoms with E-state index in [0.29, 0.717) is 23.4 Å². The maximum atomic E-state index is 12.2. The number of hydrogen-bond donors (Lipinski definition) is 1. The highest BCUT2D eigenvalue weighted by Gasteiger charge is 2.13. The second kappa shape index (κ2) is 10.2. The molecule has 0 aliphatic heterocycles. The molecule has 0 aliphatic carbocycles. The fourth-order valence-corrected chi connectivity index (χ4v) is 2.66. The van der Waals surface area contributed by atoms with Crippen molar-refractivity contribution in [2.24, 2.45) is 0 Å². The van der Waals surface area contributed by atoms with Crippen LogP contribution in [0.4, 0.5) is 5.69 Å². The zero-order valence-corrected chi connectivity index (χ0v) is 16.6. The van der Waals surface area contributed by atoms with Gasteiger partial charge >= 0.3 is 11.9 Å². The lowest BCUT2D eigenvalue weighted by Gasteiger charge is -2.08. The Morgan fingerprint density at radius 1 is 0.900 bits per heavy atom. The Kier molecular flexibility index (Phi) is 7.10. The smallest absolute Gasteiger partial charge is 0.357 e. The summed E-state index contributed by atoms with van der Waals surface area (Å²) in [6, 6.07) is 17.0. The molecule has 0 atom stereocenters. The van der Waals surface area contributed by atoms with E-state index in [4.69, 9.17) is 9.47 Å². The number of aromatic nitrogens is 1. The van der Waals surface area contributed by atoms with Gasteiger partial charge in [-0.1, -0.05) is 37.6 Å². The first kappa shape index (κ1) is 21.0. The van der Waals surface area contributed by atoms with Crippen molar-refractivity contribution in [2.45, 2.75) is 19.8 Å². The van der Waals surface area contributed by atoms with Gasteiger partial charge in [0.15, 0.2) is 6.61 Å². The summed E-state index contributed by atoms with van der Waals surface area (Å²) >= 11 is 0. The van der Waals surface area contributed by atoms with Crippen LogP contribution in [0.2, 0.25) is 0 Å². The average molecular weight is 406 g/mol. The zero-order valence-electron chi connectivity index (χ0n) is 16.6. The number of esters is 2. The SMILES string of the molecule is CCCCOC(=O)c1ccc(NC(=O)COC(=O)c2ccc3ccccc3n2)cc1. The summed E-state index contributed by atoms with van der Waals surface area (Å²) < 4.78 is 10.2. The number of benzene rings is 2. The molecule has 7 heteroatoms. The summed E-state index contributed by atoms with van der Waals surface area (Å²) in [5.41, 5.74) is 1.68. The van der Waals surface area contributed by atoms with Gasteiger partial charge in [0.05, 0.1) is 17.7 Å². The molecule has 0 unspecified atom stereocenters. The molecule has 0 aliphatic rings. The predicted octanol–water partition coefficient (Wildman–Crippen LogP) is 3.99. The van der Waals surface area contributed by atoms with E-state index in [-0.39, 0.29) is 5.69 Å². The number of ether oxygens (including phenoxy) is 2. The molecule has 0 bridgehead atoms. The van der Waals surface area contributed by atoms with E-state index in [2.05, 4.69) is 10.3 Å². The lowest BCUT2D eigenvalue weighted by Crippen LogP contribution is -2.21. The molecule has 0 radical (unpaired) electrons. The number of unbranched alkanes of at least 4 members (excludes halogenated alkanes) is 1. The first-order valence-electron chi connectivity index (χ1n) is 9.67. The minimum atomic E-state index is -0.680. The Morgan fingerprint density at radius 2 is 1.67 bits per heavy atom. The van der Waals surface area contributed by atoms with Crippen LogP contribution >= 0.6 is 0 Å². The molecule has 3 aromatic rings. The van der Waals surface area contributed by atoms with Crippen LogP contribution in [0.15, 0.2) is 60.7 Å². The van der Waals surface area contributed by atoms with E-state index >= 15 is 0 Å². The van der Waals surface area contributed by atoms with E-state index in [9.17, 15) is 14.4 Å². The molecule has 0 spiro atoms. The second-order valence-corrected chi connectivity index (χ2v) is 6.58. The normalized spacial score (nSPS) is 10.4. The third kappa shape index (κ3) is 5.64. The van der Waals surface area contributed by atoms with E-state index in [1.165, 1.54) is 0 Å². The number of nitrogens with one attached hydrogen (secondary N) is 1. The van der Waals surface area contributed by atoms with E-state index in [0.717, 1.165) is 18.2 Å². The van der Waals surface area contributed by atoms with Crippen LogP contribution < -0.4 is 5.32 Å². The van der Waals surface area contributed by atoms with Gasteiger partial charge in [-0.3, -0.25) is 4.79 Å². The van der Waals surface area contributed by atoms with Gasteiger partial charge in [0, 0.05) is 11.1 Å². The van der Waals surface area contributed by atoms with Crippen LogP contribution in [0.25, 0.3) is 10.9 Å². The molecule has 1 N–H and O–H groups in total. The minimum Gasteiger partial charge on any atom is -0.462 e. The molecule has 2 aromatic carbocycles. The lowest BCUT2D eigenvalue weighted by atomic mass is 10.2. The molecule has 3 rings (SSSR count). The molecule has 154 valence electrons. The average Bonchev–Trinajstić information content (AvgIpc) is 2.77. The van der Waals surface area contributed by atoms with Crippen molar-refractivity contribution in [1.82, 2.24) is 4.98 Å². The summed E-state index contributed by atoms with van der Waals surface area (Å²) in [6.45, 7) is 1.94. The van der Waals surface area contributed by atoms with Crippen molar-refractivity contribution in [1.29, 1.82) is 0 Å². The van der Waals surface area contributed by atoms with Gasteiger partial charge in [0.1, 0.15) is 5.69 Å². The number of pyridine rings is 1. The zero-order chi connectivity index (χ0) is 21.3. The summed E-state index contributed by atoms with van der Waals surface area (Å²) in [6.07, 6.45) is 1.76. The number of fused-ring (bicyclic) bond motifs is 1. The van der Waals surface area contributed by atoms with Crippen molar-refractivity contribution in [3.8, 4) is 0 Å². The molecule has 1 heterocycles. The van der Waals surface area contributed by atoms with Gasteiger partial charge in [-0.2, -0.15) is 0 Å². The Labute approximate surface area is 174 Å². The van der Waals surface area contributed by atoms with E-state index in [1.54, 1.807) is 42.5 Å². The first-order valence-corrected chi connectivity index (χ1v) is 9.67. The van der Waals surface area contributed by atoms with Crippen molar-refractivity contribution in [3.63, 3.8) is 0 Å². The summed E-state index contributed by atoms with van der Waals surface area (Å²) in [5.74, 6) is -1.58. The topological polar surface area (TPSA) is 94.6 Å². The van der Waals surface area contributed by atoms with Gasteiger partial charge in [-0.25, -0.2) is 14.6 Å². The molecular formula is C23H22N2O5. The fourth-order valence-electron chi connectivity index (χ4n) is 2.66. The number of para-hydroxylation sites is 1. The summed E-state index contributed by atoms with van der Waals surface area (Å²) in [5, 5.41) is 3.52. The van der Waals surface area contributed by atoms with Gasteiger partial charge in [0.2, 0.25) is 0 Å². The maximum absolute atomic E-state index is 12.2. The van der Waals surface area contributed by atoms with Gasteiger partial charge < -0.3 is 14.8 Å². The van der Waals surface area contributed by atoms with Crippen LogP contribution in [-0.2, 0) is 14.3 Å². The molecule has 1 aromatic heterocycles. The van der Waals surface area contributed by atoms with Crippen molar-refractivity contribution in [3.05, 3.63) is 71.9 Å². The third-order valence-electron chi connectivity index (χ3n) is 4.28. The molecule has 0 saturated heterocycles. The highest BCUT2D eigenvalue weighted by Crippen LogP contribution is 2.13. The number of amides is 1. The van der Waals surface area contributed by atoms with Gasteiger partial charge in [-0.05, 0) is 42.8 Å². The first-order chi connectivity index (χ1) is 14.6. The Balaban J connectivity index is 1.50. The van der Waals surface area contributed by atoms with Crippen LogP contribution in [0, 0.1) is 0 Å². The minimum absolute atomic E-state index is 0.132. The highest BCUT2D eigenvalue weighted by atomic mass is 16.5. The van der Waals surface area contributed by atoms with E-state index in [1.807, 2.05) is 25.1 Å². The Hall–Kier alpha value is -3.74. The number of carbonyl (C=O) groups is 3. The quantitative estimate of drug-likeness (QED) is 0.449. The molecule has 7 nitrogen and oxygen atoms in total. The van der Waals surface area contributed by atoms with Crippen LogP contribution in [0.3, 0.4) is 0 Å². The number of rotatable bonds is 8. The predicted molar refractivity (Wildman–Crippen MR) is 112 cm³/mol.